The third-order valence-electron chi connectivity index (χ3n) is 6.02. The van der Waals surface area contributed by atoms with Gasteiger partial charge in [-0.1, -0.05) is 29.3 Å². The minimum atomic E-state index is -0.268. The molecule has 0 spiro atoms. The molecule has 2 aromatic heterocycles. The normalized spacial score (nSPS) is 13.9. The Kier molecular flexibility index (Phi) is 7.09. The minimum absolute atomic E-state index is 0.260. The van der Waals surface area contributed by atoms with Crippen LogP contribution in [0.1, 0.15) is 36.7 Å². The van der Waals surface area contributed by atoms with E-state index in [2.05, 4.69) is 51.5 Å². The van der Waals surface area contributed by atoms with Gasteiger partial charge in [-0.2, -0.15) is 5.26 Å². The maximum Gasteiger partial charge on any atom is 0.113 e. The van der Waals surface area contributed by atoms with Gasteiger partial charge in [0.2, 0.25) is 0 Å². The van der Waals surface area contributed by atoms with Crippen LogP contribution >= 0.6 is 34.5 Å². The van der Waals surface area contributed by atoms with Crippen molar-refractivity contribution in [2.75, 3.05) is 10.6 Å². The van der Waals surface area contributed by atoms with Crippen LogP contribution in [0, 0.1) is 18.3 Å². The van der Waals surface area contributed by atoms with Crippen LogP contribution in [0.4, 0.5) is 17.1 Å². The van der Waals surface area contributed by atoms with Crippen molar-refractivity contribution in [1.82, 2.24) is 25.9 Å². The fourth-order valence-corrected chi connectivity index (χ4v) is 5.02. The van der Waals surface area contributed by atoms with E-state index in [9.17, 15) is 5.26 Å². The Morgan fingerprint density at radius 2 is 1.92 bits per heavy atom. The van der Waals surface area contributed by atoms with Crippen molar-refractivity contribution >= 4 is 62.5 Å². The number of nitrogens with zero attached hydrogens (tertiary/aromatic N) is 4. The first kappa shape index (κ1) is 25.1. The molecule has 1 aliphatic rings. The molecule has 1 atom stereocenters. The summed E-state index contributed by atoms with van der Waals surface area (Å²) in [6.45, 7) is 6.13. The van der Waals surface area contributed by atoms with Crippen LogP contribution < -0.4 is 21.6 Å². The molecule has 8 nitrogen and oxygen atoms in total. The predicted molar refractivity (Wildman–Crippen MR) is 151 cm³/mol. The number of pyridine rings is 1. The second-order valence-electron chi connectivity index (χ2n) is 8.91. The molecule has 4 N–H and O–H groups in total. The summed E-state index contributed by atoms with van der Waals surface area (Å²) in [7, 11) is 0. The summed E-state index contributed by atoms with van der Waals surface area (Å²) in [5.41, 5.74) is 14.1. The van der Waals surface area contributed by atoms with Crippen molar-refractivity contribution < 1.29 is 0 Å². The van der Waals surface area contributed by atoms with Gasteiger partial charge in [0.25, 0.3) is 0 Å². The number of fused-ring (bicyclic) bond motifs is 1. The quantitative estimate of drug-likeness (QED) is 0.203. The topological polar surface area (TPSA) is 101 Å². The summed E-state index contributed by atoms with van der Waals surface area (Å²) >= 11 is 14.6. The fourth-order valence-electron chi connectivity index (χ4n) is 3.99. The Labute approximate surface area is 228 Å². The molecule has 5 rings (SSSR count). The smallest absolute Gasteiger partial charge is 0.113 e. The van der Waals surface area contributed by atoms with Gasteiger partial charge in [-0.15, -0.1) is 16.9 Å². The highest BCUT2D eigenvalue weighted by molar-refractivity contribution is 7.07. The number of aryl methyl sites for hydroxylation is 1. The average Bonchev–Trinajstić information content (AvgIpc) is 3.58. The van der Waals surface area contributed by atoms with Gasteiger partial charge in [0, 0.05) is 45.6 Å². The summed E-state index contributed by atoms with van der Waals surface area (Å²) < 4.78 is 0. The molecular formula is C26H24Cl2N8S. The number of nitriles is 1. The third-order valence-corrected chi connectivity index (χ3v) is 7.32. The molecule has 0 radical (unpaired) electrons. The van der Waals surface area contributed by atoms with E-state index in [-0.39, 0.29) is 12.1 Å². The molecule has 1 aliphatic heterocycles. The number of aromatic nitrogens is 2. The number of benzene rings is 2. The van der Waals surface area contributed by atoms with Crippen molar-refractivity contribution in [1.29, 1.82) is 5.26 Å². The Hall–Kier alpha value is -3.55. The summed E-state index contributed by atoms with van der Waals surface area (Å²) in [4.78, 5) is 9.01. The van der Waals surface area contributed by atoms with E-state index in [0.29, 0.717) is 32.2 Å². The Bertz CT molecular complexity index is 1530. The lowest BCUT2D eigenvalue weighted by molar-refractivity contribution is 0.220. The lowest BCUT2D eigenvalue weighted by atomic mass is 10.1. The zero-order valence-corrected chi connectivity index (χ0v) is 22.6. The Morgan fingerprint density at radius 3 is 2.59 bits per heavy atom. The molecular weight excluding hydrogens is 527 g/mol. The summed E-state index contributed by atoms with van der Waals surface area (Å²) in [5, 5.41) is 22.6. The zero-order valence-electron chi connectivity index (χ0n) is 20.3. The number of hydrazine groups is 2. The fraction of sp³-hybridized carbons (Fsp3) is 0.192. The molecule has 0 aliphatic carbocycles. The van der Waals surface area contributed by atoms with Crippen molar-refractivity contribution in [3.8, 4) is 6.07 Å². The van der Waals surface area contributed by atoms with Crippen LogP contribution in [-0.2, 0) is 0 Å². The molecule has 11 heteroatoms. The summed E-state index contributed by atoms with van der Waals surface area (Å²) in [6, 6.07) is 11.7. The Morgan fingerprint density at radius 1 is 1.11 bits per heavy atom. The van der Waals surface area contributed by atoms with Gasteiger partial charge in [-0.25, -0.2) is 4.98 Å². The molecule has 0 bridgehead atoms. The first-order valence-corrected chi connectivity index (χ1v) is 13.3. The highest BCUT2D eigenvalue weighted by Gasteiger charge is 2.25. The Balaban J connectivity index is 1.58. The van der Waals surface area contributed by atoms with Gasteiger partial charge in [0.05, 0.1) is 38.7 Å². The molecule has 0 fully saturated rings. The molecule has 0 amide bonds. The molecule has 0 unspecified atom stereocenters. The first-order valence-electron chi connectivity index (χ1n) is 11.6. The highest BCUT2D eigenvalue weighted by atomic mass is 35.5. The van der Waals surface area contributed by atoms with E-state index in [1.165, 1.54) is 17.5 Å². The molecule has 37 heavy (non-hydrogen) atoms. The van der Waals surface area contributed by atoms with Crippen molar-refractivity contribution in [2.45, 2.75) is 32.9 Å². The van der Waals surface area contributed by atoms with E-state index < -0.39 is 0 Å². The molecule has 3 heterocycles. The number of anilines is 3. The van der Waals surface area contributed by atoms with Gasteiger partial charge in [-0.3, -0.25) is 9.99 Å². The van der Waals surface area contributed by atoms with E-state index in [4.69, 9.17) is 23.2 Å². The minimum Gasteiger partial charge on any atom is -0.371 e. The van der Waals surface area contributed by atoms with Crippen LogP contribution in [0.25, 0.3) is 10.9 Å². The second kappa shape index (κ2) is 10.4. The number of hydrogen-bond acceptors (Lipinski definition) is 9. The van der Waals surface area contributed by atoms with Gasteiger partial charge >= 0.3 is 0 Å². The molecule has 0 saturated carbocycles. The molecule has 4 aromatic rings. The monoisotopic (exact) mass is 550 g/mol. The van der Waals surface area contributed by atoms with Gasteiger partial charge in [0.15, 0.2) is 0 Å². The van der Waals surface area contributed by atoms with E-state index >= 15 is 0 Å². The lowest BCUT2D eigenvalue weighted by Crippen LogP contribution is -2.41. The summed E-state index contributed by atoms with van der Waals surface area (Å²) in [5.74, 6) is 0. The molecule has 2 aromatic carbocycles. The third kappa shape index (κ3) is 5.15. The zero-order chi connectivity index (χ0) is 26.1. The van der Waals surface area contributed by atoms with Crippen LogP contribution in [-0.4, -0.2) is 21.0 Å². The maximum atomic E-state index is 9.84. The standard InChI is InChI=1S/C26H24Cl2N8S/c1-14(2)36-11-22(34-35-36)26(23-12-37-13-31-23)33-18-6-19-24(32-17-5-4-15(3)20(27)7-17)16(9-29)10-30-25(19)21(28)8-18/h4-8,10-14,26,33-35H,1-3H3,(H,30,32)/t26-/m1/s1. The molecule has 188 valence electrons. The SMILES string of the molecule is Cc1ccc(Nc2c(C#N)cnc3c(Cl)cc(N[C@H](C4=CN(C(C)C)NN4)c4cscn4)cc23)cc1Cl. The van der Waals surface area contributed by atoms with Crippen LogP contribution in [0.3, 0.4) is 0 Å². The molecule has 0 saturated heterocycles. The maximum absolute atomic E-state index is 9.84. The van der Waals surface area contributed by atoms with E-state index in [1.54, 1.807) is 5.51 Å². The van der Waals surface area contributed by atoms with Gasteiger partial charge in [-0.05, 0) is 50.6 Å². The van der Waals surface area contributed by atoms with Crippen LogP contribution in [0.2, 0.25) is 10.0 Å². The first-order chi connectivity index (χ1) is 17.8. The van der Waals surface area contributed by atoms with Gasteiger partial charge < -0.3 is 16.1 Å². The number of halogens is 2. The number of nitrogens with one attached hydrogen (secondary N) is 4. The van der Waals surface area contributed by atoms with Crippen LogP contribution in [0.15, 0.2) is 59.3 Å². The van der Waals surface area contributed by atoms with Crippen molar-refractivity contribution in [3.63, 3.8) is 0 Å². The van der Waals surface area contributed by atoms with Crippen molar-refractivity contribution in [3.05, 3.63) is 86.2 Å². The van der Waals surface area contributed by atoms with E-state index in [0.717, 1.165) is 28.3 Å². The summed E-state index contributed by atoms with van der Waals surface area (Å²) in [6.07, 6.45) is 3.55. The number of hydrogen-bond donors (Lipinski definition) is 4. The number of thiazole rings is 1. The predicted octanol–water partition coefficient (Wildman–Crippen LogP) is 6.65. The lowest BCUT2D eigenvalue weighted by Gasteiger charge is -2.21. The number of rotatable bonds is 7. The van der Waals surface area contributed by atoms with Crippen molar-refractivity contribution in [2.24, 2.45) is 0 Å². The van der Waals surface area contributed by atoms with E-state index in [1.807, 2.05) is 53.8 Å². The highest BCUT2D eigenvalue weighted by Crippen LogP contribution is 2.37. The van der Waals surface area contributed by atoms with Gasteiger partial charge in [0.1, 0.15) is 12.1 Å². The largest absolute Gasteiger partial charge is 0.371 e. The second-order valence-corrected chi connectivity index (χ2v) is 10.4. The van der Waals surface area contributed by atoms with Crippen LogP contribution in [0.5, 0.6) is 0 Å². The average molecular weight is 552 g/mol.